The van der Waals surface area contributed by atoms with Crippen molar-refractivity contribution >= 4 is 46.0 Å². The molecule has 0 unspecified atom stereocenters. The Morgan fingerprint density at radius 3 is 2.59 bits per heavy atom. The molecule has 0 saturated heterocycles. The lowest BCUT2D eigenvalue weighted by Crippen LogP contribution is -2.39. The zero-order valence-electron chi connectivity index (χ0n) is 21.1. The van der Waals surface area contributed by atoms with E-state index in [-0.39, 0.29) is 24.0 Å². The largest absolute Gasteiger partial charge is 0.504 e. The van der Waals surface area contributed by atoms with Gasteiger partial charge in [0, 0.05) is 0 Å². The molecule has 37 heavy (non-hydrogen) atoms. The topological polar surface area (TPSA) is 99.4 Å². The molecule has 2 aromatic carbocycles. The van der Waals surface area contributed by atoms with Gasteiger partial charge in [0.2, 0.25) is 0 Å². The molecule has 1 aromatic heterocycles. The Morgan fingerprint density at radius 2 is 1.97 bits per heavy atom. The minimum Gasteiger partial charge on any atom is -0.504 e. The normalized spacial score (nSPS) is 15.4. The fraction of sp³-hybridized carbons (Fsp3) is 0.296. The first-order valence-corrected chi connectivity index (χ1v) is 13.6. The number of fused-ring (bicyclic) bond motifs is 1. The number of carbonyl (C=O) groups is 1. The molecular weight excluding hydrogens is 607 g/mol. The van der Waals surface area contributed by atoms with Crippen molar-refractivity contribution in [3.8, 4) is 17.2 Å². The van der Waals surface area contributed by atoms with Crippen LogP contribution in [0.4, 0.5) is 0 Å². The number of nitrogens with zero attached hydrogens (tertiary/aromatic N) is 2. The summed E-state index contributed by atoms with van der Waals surface area (Å²) in [6, 6.07) is 10.1. The summed E-state index contributed by atoms with van der Waals surface area (Å²) in [5.74, 6) is 0.540. The number of esters is 1. The van der Waals surface area contributed by atoms with Crippen LogP contribution in [0.2, 0.25) is 0 Å². The van der Waals surface area contributed by atoms with E-state index in [1.54, 1.807) is 32.1 Å². The molecule has 4 rings (SSSR count). The van der Waals surface area contributed by atoms with Crippen LogP contribution < -0.4 is 24.4 Å². The van der Waals surface area contributed by atoms with Crippen molar-refractivity contribution in [1.29, 1.82) is 0 Å². The quantitative estimate of drug-likeness (QED) is 0.313. The molecule has 1 atom stereocenters. The maximum absolute atomic E-state index is 13.8. The lowest BCUT2D eigenvalue weighted by molar-refractivity contribution is -0.139. The van der Waals surface area contributed by atoms with Gasteiger partial charge in [0.25, 0.3) is 5.56 Å². The van der Waals surface area contributed by atoms with Crippen molar-refractivity contribution in [3.63, 3.8) is 0 Å². The van der Waals surface area contributed by atoms with Crippen LogP contribution in [0.5, 0.6) is 17.2 Å². The van der Waals surface area contributed by atoms with Gasteiger partial charge in [-0.2, -0.15) is 0 Å². The lowest BCUT2D eigenvalue weighted by atomic mass is 9.96. The molecule has 2 heterocycles. The molecule has 0 spiro atoms. The van der Waals surface area contributed by atoms with Crippen LogP contribution in [0, 0.1) is 3.57 Å². The van der Waals surface area contributed by atoms with E-state index >= 15 is 0 Å². The Kier molecular flexibility index (Phi) is 8.08. The van der Waals surface area contributed by atoms with Gasteiger partial charge in [0.1, 0.15) is 5.75 Å². The van der Waals surface area contributed by atoms with Gasteiger partial charge >= 0.3 is 5.97 Å². The molecule has 0 saturated carbocycles. The average molecular weight is 634 g/mol. The number of methoxy groups -OCH3 is 1. The number of aromatic nitrogens is 1. The monoisotopic (exact) mass is 634 g/mol. The van der Waals surface area contributed by atoms with Gasteiger partial charge in [-0.15, -0.1) is 0 Å². The number of allylic oxidation sites excluding steroid dienone is 1. The summed E-state index contributed by atoms with van der Waals surface area (Å²) in [5.41, 5.74) is 1.96. The molecule has 1 N–H and O–H groups in total. The standard InChI is InChI=1S/C27H27IN2O6S/c1-6-35-26(33)22-15(4)29-27-30(23(22)17-7-9-18(10-8-17)36-14(2)3)25(32)21(37-27)13-16-11-19(28)24(31)20(12-16)34-5/h7-14,23,31H,6H2,1-5H3/b21-13+/t23-/m0/s1. The predicted octanol–water partition coefficient (Wildman–Crippen LogP) is 3.90. The van der Waals surface area contributed by atoms with Crippen LogP contribution >= 0.6 is 33.9 Å². The maximum Gasteiger partial charge on any atom is 0.338 e. The van der Waals surface area contributed by atoms with Gasteiger partial charge in [0.05, 0.1) is 45.2 Å². The van der Waals surface area contributed by atoms with E-state index in [0.29, 0.717) is 41.2 Å². The zero-order chi connectivity index (χ0) is 26.9. The number of thiazole rings is 1. The van der Waals surface area contributed by atoms with E-state index in [1.165, 1.54) is 23.0 Å². The molecule has 1 aliphatic heterocycles. The van der Waals surface area contributed by atoms with Crippen molar-refractivity contribution in [1.82, 2.24) is 4.57 Å². The van der Waals surface area contributed by atoms with Crippen molar-refractivity contribution in [3.05, 3.63) is 82.1 Å². The number of ether oxygens (including phenoxy) is 3. The second-order valence-electron chi connectivity index (χ2n) is 8.59. The first kappa shape index (κ1) is 26.9. The Balaban J connectivity index is 1.91. The van der Waals surface area contributed by atoms with Crippen LogP contribution in [-0.2, 0) is 9.53 Å². The number of hydrogen-bond donors (Lipinski definition) is 1. The Hall–Kier alpha value is -3.12. The highest BCUT2D eigenvalue weighted by Gasteiger charge is 2.33. The lowest BCUT2D eigenvalue weighted by Gasteiger charge is -2.25. The van der Waals surface area contributed by atoms with Crippen molar-refractivity contribution in [2.75, 3.05) is 13.7 Å². The molecule has 0 bridgehead atoms. The van der Waals surface area contributed by atoms with Gasteiger partial charge < -0.3 is 19.3 Å². The number of phenols is 1. The molecule has 1 aliphatic rings. The van der Waals surface area contributed by atoms with Crippen molar-refractivity contribution in [2.45, 2.75) is 39.8 Å². The molecular formula is C27H27IN2O6S. The van der Waals surface area contributed by atoms with Crippen LogP contribution in [0.15, 0.2) is 57.5 Å². The second kappa shape index (κ2) is 11.1. The van der Waals surface area contributed by atoms with Crippen molar-refractivity contribution in [2.24, 2.45) is 4.99 Å². The summed E-state index contributed by atoms with van der Waals surface area (Å²) in [6.07, 6.45) is 1.75. The number of rotatable bonds is 7. The molecule has 8 nitrogen and oxygen atoms in total. The summed E-state index contributed by atoms with van der Waals surface area (Å²) in [6.45, 7) is 7.58. The van der Waals surface area contributed by atoms with E-state index in [1.807, 2.05) is 60.7 Å². The van der Waals surface area contributed by atoms with Gasteiger partial charge in [-0.05, 0) is 91.8 Å². The maximum atomic E-state index is 13.8. The number of carbonyl (C=O) groups excluding carboxylic acids is 1. The third kappa shape index (κ3) is 5.45. The van der Waals surface area contributed by atoms with Crippen LogP contribution in [0.1, 0.15) is 44.9 Å². The van der Waals surface area contributed by atoms with Gasteiger partial charge in [-0.1, -0.05) is 23.5 Å². The SMILES string of the molecule is CCOC(=O)C1=C(C)N=c2s/c(=C/c3cc(I)c(O)c(OC)c3)c(=O)n2[C@H]1c1ccc(OC(C)C)cc1. The zero-order valence-corrected chi connectivity index (χ0v) is 24.0. The van der Waals surface area contributed by atoms with Gasteiger partial charge in [-0.3, -0.25) is 9.36 Å². The third-order valence-electron chi connectivity index (χ3n) is 5.65. The third-order valence-corrected chi connectivity index (χ3v) is 7.46. The molecule has 0 amide bonds. The summed E-state index contributed by atoms with van der Waals surface area (Å²) in [5, 5.41) is 10.2. The predicted molar refractivity (Wildman–Crippen MR) is 150 cm³/mol. The highest BCUT2D eigenvalue weighted by Crippen LogP contribution is 2.33. The first-order valence-electron chi connectivity index (χ1n) is 11.7. The number of aromatic hydroxyl groups is 1. The van der Waals surface area contributed by atoms with Crippen molar-refractivity contribution < 1.29 is 24.1 Å². The molecule has 0 radical (unpaired) electrons. The Morgan fingerprint density at radius 1 is 1.27 bits per heavy atom. The first-order chi connectivity index (χ1) is 17.6. The number of phenolic OH excluding ortho intramolecular Hbond substituents is 1. The van der Waals surface area contributed by atoms with E-state index in [9.17, 15) is 14.7 Å². The van der Waals surface area contributed by atoms with E-state index in [2.05, 4.69) is 4.99 Å². The van der Waals surface area contributed by atoms with Crippen LogP contribution in [0.3, 0.4) is 0 Å². The fourth-order valence-corrected chi connectivity index (χ4v) is 5.76. The average Bonchev–Trinajstić information content (AvgIpc) is 3.15. The minimum absolute atomic E-state index is 0.0161. The number of halogens is 1. The fourth-order valence-electron chi connectivity index (χ4n) is 4.09. The highest BCUT2D eigenvalue weighted by atomic mass is 127. The summed E-state index contributed by atoms with van der Waals surface area (Å²) >= 11 is 3.24. The molecule has 10 heteroatoms. The summed E-state index contributed by atoms with van der Waals surface area (Å²) < 4.78 is 18.9. The smallest absolute Gasteiger partial charge is 0.338 e. The Labute approximate surface area is 231 Å². The molecule has 194 valence electrons. The molecule has 0 aliphatic carbocycles. The summed E-state index contributed by atoms with van der Waals surface area (Å²) in [7, 11) is 1.47. The highest BCUT2D eigenvalue weighted by molar-refractivity contribution is 14.1. The van der Waals surface area contributed by atoms with Crippen LogP contribution in [0.25, 0.3) is 6.08 Å². The number of benzene rings is 2. The van der Waals surface area contributed by atoms with Crippen LogP contribution in [-0.4, -0.2) is 35.5 Å². The number of hydrogen-bond acceptors (Lipinski definition) is 8. The van der Waals surface area contributed by atoms with E-state index in [4.69, 9.17) is 14.2 Å². The van der Waals surface area contributed by atoms with E-state index in [0.717, 1.165) is 5.56 Å². The minimum atomic E-state index is -0.708. The second-order valence-corrected chi connectivity index (χ2v) is 10.8. The summed E-state index contributed by atoms with van der Waals surface area (Å²) in [4.78, 5) is 31.9. The van der Waals surface area contributed by atoms with E-state index < -0.39 is 12.0 Å². The van der Waals surface area contributed by atoms with Gasteiger partial charge in [0.15, 0.2) is 16.3 Å². The molecule has 3 aromatic rings. The Bertz CT molecular complexity index is 1550. The molecule has 0 fully saturated rings. The van der Waals surface area contributed by atoms with Gasteiger partial charge in [-0.25, -0.2) is 9.79 Å².